The predicted molar refractivity (Wildman–Crippen MR) is 46.1 cm³/mol. The van der Waals surface area contributed by atoms with Gasteiger partial charge in [0.25, 0.3) is 10.1 Å². The van der Waals surface area contributed by atoms with Crippen LogP contribution in [0.5, 0.6) is 0 Å². The third-order valence-electron chi connectivity index (χ3n) is 1.44. The Bertz CT molecular complexity index is 418. The zero-order chi connectivity index (χ0) is 10.1. The second-order valence-electron chi connectivity index (χ2n) is 2.34. The van der Waals surface area contributed by atoms with Crippen molar-refractivity contribution in [1.82, 2.24) is 9.97 Å². The van der Waals surface area contributed by atoms with E-state index in [0.717, 1.165) is 0 Å². The second-order valence-corrected chi connectivity index (χ2v) is 3.97. The fourth-order valence-electron chi connectivity index (χ4n) is 0.942. The average Bonchev–Trinajstić information content (AvgIpc) is 2.01. The molecule has 1 N–H and O–H groups in total. The van der Waals surface area contributed by atoms with Crippen molar-refractivity contribution in [3.05, 3.63) is 17.7 Å². The summed E-state index contributed by atoms with van der Waals surface area (Å²) >= 11 is 5.44. The lowest BCUT2D eigenvalue weighted by Crippen LogP contribution is -2.08. The summed E-state index contributed by atoms with van der Waals surface area (Å²) in [7, 11) is -4.29. The van der Waals surface area contributed by atoms with Crippen molar-refractivity contribution in [2.75, 3.05) is 0 Å². The Morgan fingerprint density at radius 2 is 2.15 bits per heavy atom. The molecule has 0 saturated carbocycles. The van der Waals surface area contributed by atoms with Crippen molar-refractivity contribution in [3.63, 3.8) is 0 Å². The number of alkyl halides is 1. The van der Waals surface area contributed by atoms with Crippen molar-refractivity contribution in [2.24, 2.45) is 0 Å². The highest BCUT2D eigenvalue weighted by Gasteiger charge is 2.19. The smallest absolute Gasteiger partial charge is 0.282 e. The SMILES string of the molecule is Cc1ncnc(CCl)c1S(=O)(=O)O. The van der Waals surface area contributed by atoms with Gasteiger partial charge in [0.2, 0.25) is 0 Å². The molecule has 1 aromatic heterocycles. The van der Waals surface area contributed by atoms with Crippen LogP contribution in [0.4, 0.5) is 0 Å². The van der Waals surface area contributed by atoms with E-state index in [-0.39, 0.29) is 22.2 Å². The molecule has 0 spiro atoms. The van der Waals surface area contributed by atoms with Gasteiger partial charge in [0.15, 0.2) is 0 Å². The zero-order valence-electron chi connectivity index (χ0n) is 6.73. The lowest BCUT2D eigenvalue weighted by molar-refractivity contribution is 0.480. The van der Waals surface area contributed by atoms with Gasteiger partial charge >= 0.3 is 0 Å². The van der Waals surface area contributed by atoms with Crippen LogP contribution in [0.15, 0.2) is 11.2 Å². The Morgan fingerprint density at radius 1 is 1.54 bits per heavy atom. The molecule has 0 atom stereocenters. The van der Waals surface area contributed by atoms with Crippen LogP contribution in [0.1, 0.15) is 11.4 Å². The van der Waals surface area contributed by atoms with Gasteiger partial charge in [0.05, 0.1) is 17.3 Å². The Morgan fingerprint density at radius 3 is 2.54 bits per heavy atom. The van der Waals surface area contributed by atoms with Gasteiger partial charge in [-0.25, -0.2) is 9.97 Å². The molecule has 1 heterocycles. The van der Waals surface area contributed by atoms with Crippen LogP contribution in [0, 0.1) is 6.92 Å². The lowest BCUT2D eigenvalue weighted by Gasteiger charge is -2.04. The Labute approximate surface area is 80.5 Å². The predicted octanol–water partition coefficient (Wildman–Crippen LogP) is 0.771. The van der Waals surface area contributed by atoms with Crippen molar-refractivity contribution < 1.29 is 13.0 Å². The molecular weight excluding hydrogens is 216 g/mol. The summed E-state index contributed by atoms with van der Waals surface area (Å²) in [4.78, 5) is 6.99. The normalized spacial score (nSPS) is 11.6. The average molecular weight is 223 g/mol. The molecule has 0 amide bonds. The molecule has 1 rings (SSSR count). The summed E-state index contributed by atoms with van der Waals surface area (Å²) in [6, 6.07) is 0. The molecule has 13 heavy (non-hydrogen) atoms. The monoisotopic (exact) mass is 222 g/mol. The summed E-state index contributed by atoms with van der Waals surface area (Å²) in [5.41, 5.74) is 0.296. The van der Waals surface area contributed by atoms with Crippen LogP contribution in [0.2, 0.25) is 0 Å². The molecule has 72 valence electrons. The summed E-state index contributed by atoms with van der Waals surface area (Å²) in [5.74, 6) is -0.0848. The minimum absolute atomic E-state index is 0.0848. The summed E-state index contributed by atoms with van der Waals surface area (Å²) in [5, 5.41) is 0. The minimum atomic E-state index is -4.29. The summed E-state index contributed by atoms with van der Waals surface area (Å²) in [6.07, 6.45) is 1.20. The van der Waals surface area contributed by atoms with E-state index in [1.54, 1.807) is 0 Å². The van der Waals surface area contributed by atoms with Crippen LogP contribution in [-0.4, -0.2) is 22.9 Å². The highest BCUT2D eigenvalue weighted by molar-refractivity contribution is 7.86. The van der Waals surface area contributed by atoms with E-state index >= 15 is 0 Å². The molecule has 1 aromatic rings. The number of nitrogens with zero attached hydrogens (tertiary/aromatic N) is 2. The van der Waals surface area contributed by atoms with E-state index in [9.17, 15) is 8.42 Å². The molecule has 0 unspecified atom stereocenters. The molecule has 5 nitrogen and oxygen atoms in total. The van der Waals surface area contributed by atoms with E-state index in [4.69, 9.17) is 16.2 Å². The van der Waals surface area contributed by atoms with E-state index in [1.165, 1.54) is 13.3 Å². The molecule has 0 aliphatic carbocycles. The van der Waals surface area contributed by atoms with Crippen molar-refractivity contribution in [3.8, 4) is 0 Å². The molecule has 0 aliphatic heterocycles. The quantitative estimate of drug-likeness (QED) is 0.591. The highest BCUT2D eigenvalue weighted by atomic mass is 35.5. The van der Waals surface area contributed by atoms with Crippen LogP contribution >= 0.6 is 11.6 Å². The molecule has 0 bridgehead atoms. The van der Waals surface area contributed by atoms with Gasteiger partial charge in [0.1, 0.15) is 11.2 Å². The Balaban J connectivity index is 3.50. The van der Waals surface area contributed by atoms with Crippen molar-refractivity contribution in [1.29, 1.82) is 0 Å². The molecule has 0 fully saturated rings. The summed E-state index contributed by atoms with van der Waals surface area (Å²) < 4.78 is 30.5. The third kappa shape index (κ3) is 2.15. The first-order chi connectivity index (χ1) is 5.96. The molecule has 0 aliphatic rings. The minimum Gasteiger partial charge on any atom is -0.282 e. The molecule has 7 heteroatoms. The van der Waals surface area contributed by atoms with Crippen molar-refractivity contribution in [2.45, 2.75) is 17.7 Å². The third-order valence-corrected chi connectivity index (χ3v) is 2.74. The zero-order valence-corrected chi connectivity index (χ0v) is 8.30. The van der Waals surface area contributed by atoms with Gasteiger partial charge in [-0.15, -0.1) is 11.6 Å². The number of hydrogen-bond donors (Lipinski definition) is 1. The van der Waals surface area contributed by atoms with Gasteiger partial charge in [-0.05, 0) is 6.92 Å². The first-order valence-corrected chi connectivity index (χ1v) is 5.28. The number of rotatable bonds is 2. The number of hydrogen-bond acceptors (Lipinski definition) is 4. The maximum Gasteiger partial charge on any atom is 0.298 e. The number of aryl methyl sites for hydroxylation is 1. The second kappa shape index (κ2) is 3.57. The number of aromatic nitrogens is 2. The molecular formula is C6H7ClN2O3S. The maximum atomic E-state index is 10.9. The van der Waals surface area contributed by atoms with E-state index in [0.29, 0.717) is 0 Å². The van der Waals surface area contributed by atoms with Gasteiger partial charge in [-0.2, -0.15) is 8.42 Å². The fraction of sp³-hybridized carbons (Fsp3) is 0.333. The van der Waals surface area contributed by atoms with Crippen LogP contribution in [0.3, 0.4) is 0 Å². The molecule has 0 radical (unpaired) electrons. The lowest BCUT2D eigenvalue weighted by atomic mass is 10.3. The van der Waals surface area contributed by atoms with E-state index in [2.05, 4.69) is 9.97 Å². The van der Waals surface area contributed by atoms with E-state index in [1.807, 2.05) is 0 Å². The van der Waals surface area contributed by atoms with Gasteiger partial charge in [0, 0.05) is 0 Å². The first-order valence-electron chi connectivity index (χ1n) is 3.30. The van der Waals surface area contributed by atoms with Crippen molar-refractivity contribution >= 4 is 21.7 Å². The van der Waals surface area contributed by atoms with Gasteiger partial charge < -0.3 is 0 Å². The molecule has 0 aromatic carbocycles. The molecule has 0 saturated heterocycles. The first kappa shape index (κ1) is 10.4. The number of halogens is 1. The Kier molecular flexibility index (Phi) is 2.84. The maximum absolute atomic E-state index is 10.9. The largest absolute Gasteiger partial charge is 0.298 e. The fourth-order valence-corrected chi connectivity index (χ4v) is 2.07. The van der Waals surface area contributed by atoms with Crippen LogP contribution in [-0.2, 0) is 16.0 Å². The van der Waals surface area contributed by atoms with Gasteiger partial charge in [-0.3, -0.25) is 4.55 Å². The highest BCUT2D eigenvalue weighted by Crippen LogP contribution is 2.17. The summed E-state index contributed by atoms with van der Waals surface area (Å²) in [6.45, 7) is 1.46. The van der Waals surface area contributed by atoms with Crippen LogP contribution in [0.25, 0.3) is 0 Å². The Hall–Kier alpha value is -0.720. The topological polar surface area (TPSA) is 80.2 Å². The van der Waals surface area contributed by atoms with E-state index < -0.39 is 10.1 Å². The van der Waals surface area contributed by atoms with Gasteiger partial charge in [-0.1, -0.05) is 0 Å². The van der Waals surface area contributed by atoms with Crippen LogP contribution < -0.4 is 0 Å². The standard InChI is InChI=1S/C6H7ClN2O3S/c1-4-6(13(10,11)12)5(2-7)9-3-8-4/h3H,2H2,1H3,(H,10,11,12).